The molecule has 28 heavy (non-hydrogen) atoms. The molecule has 2 N–H and O–H groups in total. The van der Waals surface area contributed by atoms with Crippen molar-refractivity contribution < 1.29 is 19.7 Å². The topological polar surface area (TPSA) is 122 Å². The summed E-state index contributed by atoms with van der Waals surface area (Å²) in [5, 5.41) is 23.6. The minimum absolute atomic E-state index is 0.134. The number of amides is 1. The normalized spacial score (nSPS) is 16.9. The van der Waals surface area contributed by atoms with Crippen molar-refractivity contribution in [3.05, 3.63) is 40.3 Å². The van der Waals surface area contributed by atoms with Crippen LogP contribution in [0.1, 0.15) is 38.9 Å². The number of anilines is 1. The summed E-state index contributed by atoms with van der Waals surface area (Å²) in [6.45, 7) is 8.23. The summed E-state index contributed by atoms with van der Waals surface area (Å²) < 4.78 is 5.41. The highest BCUT2D eigenvalue weighted by Crippen LogP contribution is 2.24. The molecule has 0 radical (unpaired) electrons. The maximum absolute atomic E-state index is 12.1. The molecule has 2 unspecified atom stereocenters. The van der Waals surface area contributed by atoms with Crippen LogP contribution in [0.15, 0.2) is 29.4 Å². The van der Waals surface area contributed by atoms with E-state index in [-0.39, 0.29) is 19.1 Å². The number of aliphatic hydroxyl groups excluding tert-OH is 2. The standard InChI is InChI=1S/C19H29N5O4/c1-19(2,3)28-18(27)24-12-10-23(11-13-24)15-6-4-14(5-7-15)17(26)16(25)8-9-21-22-20/h4-7,16-17,25-26H,8-13H2,1-3H3. The summed E-state index contributed by atoms with van der Waals surface area (Å²) in [4.78, 5) is 18.6. The third-order valence-corrected chi connectivity index (χ3v) is 4.48. The number of benzene rings is 1. The Morgan fingerprint density at radius 3 is 2.36 bits per heavy atom. The average Bonchev–Trinajstić information content (AvgIpc) is 2.66. The van der Waals surface area contributed by atoms with Gasteiger partial charge in [0.2, 0.25) is 0 Å². The van der Waals surface area contributed by atoms with Crippen molar-refractivity contribution in [3.63, 3.8) is 0 Å². The Kier molecular flexibility index (Phi) is 7.51. The van der Waals surface area contributed by atoms with Crippen LogP contribution in [-0.2, 0) is 4.74 Å². The number of nitrogens with zero attached hydrogens (tertiary/aromatic N) is 5. The number of aliphatic hydroxyl groups is 2. The van der Waals surface area contributed by atoms with Gasteiger partial charge in [0.1, 0.15) is 11.7 Å². The summed E-state index contributed by atoms with van der Waals surface area (Å²) in [5.41, 5.74) is 9.35. The SMILES string of the molecule is CC(C)(C)OC(=O)N1CCN(c2ccc(C(O)C(O)CCN=[N+]=[N-])cc2)CC1. The van der Waals surface area contributed by atoms with Crippen molar-refractivity contribution in [2.75, 3.05) is 37.6 Å². The first-order valence-corrected chi connectivity index (χ1v) is 9.41. The van der Waals surface area contributed by atoms with Crippen LogP contribution in [0.25, 0.3) is 10.4 Å². The van der Waals surface area contributed by atoms with E-state index in [1.165, 1.54) is 0 Å². The number of carbonyl (C=O) groups is 1. The molecule has 0 spiro atoms. The van der Waals surface area contributed by atoms with Gasteiger partial charge in [-0.05, 0) is 50.4 Å². The Balaban J connectivity index is 1.89. The molecule has 0 saturated carbocycles. The van der Waals surface area contributed by atoms with Crippen molar-refractivity contribution in [3.8, 4) is 0 Å². The third kappa shape index (κ3) is 6.30. The molecule has 0 aliphatic carbocycles. The molecule has 1 fully saturated rings. The Bertz CT molecular complexity index is 689. The molecule has 9 nitrogen and oxygen atoms in total. The van der Waals surface area contributed by atoms with Crippen LogP contribution in [0.3, 0.4) is 0 Å². The minimum Gasteiger partial charge on any atom is -0.444 e. The molecule has 0 aromatic heterocycles. The molecule has 1 amide bonds. The zero-order chi connectivity index (χ0) is 20.7. The molecule has 1 aliphatic heterocycles. The van der Waals surface area contributed by atoms with Crippen molar-refractivity contribution in [1.29, 1.82) is 0 Å². The fraction of sp³-hybridized carbons (Fsp3) is 0.632. The fourth-order valence-electron chi connectivity index (χ4n) is 2.97. The first-order chi connectivity index (χ1) is 13.2. The van der Waals surface area contributed by atoms with E-state index in [1.807, 2.05) is 32.9 Å². The van der Waals surface area contributed by atoms with Gasteiger partial charge in [0.15, 0.2) is 0 Å². The van der Waals surface area contributed by atoms with Crippen molar-refractivity contribution in [1.82, 2.24) is 4.90 Å². The molecule has 9 heteroatoms. The predicted molar refractivity (Wildman–Crippen MR) is 106 cm³/mol. The van der Waals surface area contributed by atoms with Crippen LogP contribution in [0.5, 0.6) is 0 Å². The van der Waals surface area contributed by atoms with E-state index < -0.39 is 17.8 Å². The quantitative estimate of drug-likeness (QED) is 0.439. The zero-order valence-corrected chi connectivity index (χ0v) is 16.7. The largest absolute Gasteiger partial charge is 0.444 e. The Hall–Kier alpha value is -2.48. The van der Waals surface area contributed by atoms with Gasteiger partial charge in [0.05, 0.1) is 6.10 Å². The Morgan fingerprint density at radius 1 is 1.21 bits per heavy atom. The van der Waals surface area contributed by atoms with Crippen molar-refractivity contribution in [2.45, 2.75) is 45.0 Å². The van der Waals surface area contributed by atoms with Crippen molar-refractivity contribution in [2.24, 2.45) is 5.11 Å². The highest BCUT2D eigenvalue weighted by molar-refractivity contribution is 5.68. The van der Waals surface area contributed by atoms with Crippen LogP contribution in [0, 0.1) is 0 Å². The van der Waals surface area contributed by atoms with Crippen LogP contribution in [0.2, 0.25) is 0 Å². The summed E-state index contributed by atoms with van der Waals surface area (Å²) in [6.07, 6.45) is -2.12. The molecule has 2 rings (SSSR count). The molecular weight excluding hydrogens is 362 g/mol. The van der Waals surface area contributed by atoms with Crippen LogP contribution in [-0.4, -0.2) is 65.6 Å². The molecule has 1 aliphatic rings. The van der Waals surface area contributed by atoms with E-state index in [1.54, 1.807) is 17.0 Å². The lowest BCUT2D eigenvalue weighted by Gasteiger charge is -2.36. The summed E-state index contributed by atoms with van der Waals surface area (Å²) in [6, 6.07) is 7.33. The van der Waals surface area contributed by atoms with Gasteiger partial charge in [-0.25, -0.2) is 4.79 Å². The van der Waals surface area contributed by atoms with Crippen LogP contribution >= 0.6 is 0 Å². The Labute approximate surface area is 165 Å². The van der Waals surface area contributed by atoms with E-state index in [9.17, 15) is 15.0 Å². The van der Waals surface area contributed by atoms with Gasteiger partial charge in [-0.15, -0.1) is 0 Å². The summed E-state index contributed by atoms with van der Waals surface area (Å²) in [7, 11) is 0. The summed E-state index contributed by atoms with van der Waals surface area (Å²) >= 11 is 0. The smallest absolute Gasteiger partial charge is 0.410 e. The number of hydrogen-bond donors (Lipinski definition) is 2. The lowest BCUT2D eigenvalue weighted by atomic mass is 10.0. The minimum atomic E-state index is -1.04. The van der Waals surface area contributed by atoms with Gasteiger partial charge in [0, 0.05) is 43.3 Å². The van der Waals surface area contributed by atoms with E-state index >= 15 is 0 Å². The maximum Gasteiger partial charge on any atom is 0.410 e. The molecule has 2 atom stereocenters. The molecule has 1 aromatic carbocycles. The number of azide groups is 1. The number of piperazine rings is 1. The number of carbonyl (C=O) groups excluding carboxylic acids is 1. The van der Waals surface area contributed by atoms with Gasteiger partial charge >= 0.3 is 6.09 Å². The van der Waals surface area contributed by atoms with E-state index in [0.29, 0.717) is 31.7 Å². The highest BCUT2D eigenvalue weighted by atomic mass is 16.6. The second kappa shape index (κ2) is 9.64. The Morgan fingerprint density at radius 2 is 1.82 bits per heavy atom. The molecular formula is C19H29N5O4. The van der Waals surface area contributed by atoms with Gasteiger partial charge < -0.3 is 24.7 Å². The number of hydrogen-bond acceptors (Lipinski definition) is 6. The van der Waals surface area contributed by atoms with Gasteiger partial charge in [-0.2, -0.15) is 0 Å². The number of rotatable bonds is 6. The van der Waals surface area contributed by atoms with Crippen LogP contribution < -0.4 is 4.90 Å². The molecule has 154 valence electrons. The predicted octanol–water partition coefficient (Wildman–Crippen LogP) is 2.84. The fourth-order valence-corrected chi connectivity index (χ4v) is 2.97. The monoisotopic (exact) mass is 391 g/mol. The average molecular weight is 391 g/mol. The zero-order valence-electron chi connectivity index (χ0n) is 16.7. The molecule has 1 saturated heterocycles. The first-order valence-electron chi connectivity index (χ1n) is 9.41. The maximum atomic E-state index is 12.1. The van der Waals surface area contributed by atoms with Crippen molar-refractivity contribution >= 4 is 11.8 Å². The highest BCUT2D eigenvalue weighted by Gasteiger charge is 2.26. The molecule has 1 aromatic rings. The van der Waals surface area contributed by atoms with Gasteiger partial charge in [-0.1, -0.05) is 17.2 Å². The van der Waals surface area contributed by atoms with E-state index in [2.05, 4.69) is 14.9 Å². The van der Waals surface area contributed by atoms with Gasteiger partial charge in [0.25, 0.3) is 0 Å². The lowest BCUT2D eigenvalue weighted by molar-refractivity contribution is 0.0150. The second-order valence-electron chi connectivity index (χ2n) is 7.80. The lowest BCUT2D eigenvalue weighted by Crippen LogP contribution is -2.50. The molecule has 0 bridgehead atoms. The molecule has 1 heterocycles. The second-order valence-corrected chi connectivity index (χ2v) is 7.80. The van der Waals surface area contributed by atoms with Gasteiger partial charge in [-0.3, -0.25) is 0 Å². The summed E-state index contributed by atoms with van der Waals surface area (Å²) in [5.74, 6) is 0. The van der Waals surface area contributed by atoms with E-state index in [0.717, 1.165) is 5.69 Å². The van der Waals surface area contributed by atoms with Crippen LogP contribution in [0.4, 0.5) is 10.5 Å². The third-order valence-electron chi connectivity index (χ3n) is 4.48. The number of ether oxygens (including phenoxy) is 1. The first kappa shape index (κ1) is 21.8. The van der Waals surface area contributed by atoms with E-state index in [4.69, 9.17) is 10.3 Å².